The van der Waals surface area contributed by atoms with E-state index in [-0.39, 0.29) is 6.10 Å². The molecule has 1 unspecified atom stereocenters. The van der Waals surface area contributed by atoms with Crippen molar-refractivity contribution in [1.82, 2.24) is 5.32 Å². The standard InChI is InChI=1S/C13H20BrNO2/c1-10(8-16-3)17-9-12-5-4-11(7-15-2)6-13(12)14/h4-6,10,15H,7-9H2,1-3H3. The number of rotatable bonds is 7. The Balaban J connectivity index is 2.54. The second kappa shape index (κ2) is 7.82. The van der Waals surface area contributed by atoms with E-state index in [0.29, 0.717) is 13.2 Å². The monoisotopic (exact) mass is 301 g/mol. The van der Waals surface area contributed by atoms with Gasteiger partial charge in [-0.15, -0.1) is 0 Å². The van der Waals surface area contributed by atoms with Gasteiger partial charge >= 0.3 is 0 Å². The van der Waals surface area contributed by atoms with E-state index in [0.717, 1.165) is 16.6 Å². The summed E-state index contributed by atoms with van der Waals surface area (Å²) in [5.74, 6) is 0. The SMILES string of the molecule is CNCc1ccc(COC(C)COC)c(Br)c1. The number of ether oxygens (including phenoxy) is 2. The van der Waals surface area contributed by atoms with Crippen LogP contribution < -0.4 is 5.32 Å². The lowest BCUT2D eigenvalue weighted by atomic mass is 10.1. The highest BCUT2D eigenvalue weighted by atomic mass is 79.9. The maximum Gasteiger partial charge on any atom is 0.0784 e. The van der Waals surface area contributed by atoms with E-state index in [1.807, 2.05) is 14.0 Å². The summed E-state index contributed by atoms with van der Waals surface area (Å²) in [6.07, 6.45) is 0.115. The Morgan fingerprint density at radius 1 is 1.41 bits per heavy atom. The second-order valence-electron chi connectivity index (χ2n) is 4.03. The Hall–Kier alpha value is -0.420. The van der Waals surface area contributed by atoms with Crippen LogP contribution in [0.15, 0.2) is 22.7 Å². The maximum absolute atomic E-state index is 5.68. The molecule has 4 heteroatoms. The molecule has 0 heterocycles. The smallest absolute Gasteiger partial charge is 0.0784 e. The summed E-state index contributed by atoms with van der Waals surface area (Å²) in [7, 11) is 3.62. The molecule has 0 bridgehead atoms. The molecular formula is C13H20BrNO2. The fraction of sp³-hybridized carbons (Fsp3) is 0.538. The molecule has 1 aromatic rings. The van der Waals surface area contributed by atoms with Crippen molar-refractivity contribution in [3.05, 3.63) is 33.8 Å². The van der Waals surface area contributed by atoms with Crippen LogP contribution in [0.25, 0.3) is 0 Å². The molecule has 0 aliphatic heterocycles. The number of methoxy groups -OCH3 is 1. The fourth-order valence-corrected chi connectivity index (χ4v) is 2.08. The minimum absolute atomic E-state index is 0.115. The van der Waals surface area contributed by atoms with Crippen molar-refractivity contribution in [2.24, 2.45) is 0 Å². The molecule has 0 spiro atoms. The Bertz CT molecular complexity index is 344. The molecule has 0 aliphatic carbocycles. The quantitative estimate of drug-likeness (QED) is 0.840. The van der Waals surface area contributed by atoms with Crippen molar-refractivity contribution in [3.63, 3.8) is 0 Å². The lowest BCUT2D eigenvalue weighted by Crippen LogP contribution is -2.14. The molecule has 0 fully saturated rings. The summed E-state index contributed by atoms with van der Waals surface area (Å²) in [6.45, 7) is 4.10. The van der Waals surface area contributed by atoms with Crippen LogP contribution in [0.5, 0.6) is 0 Å². The van der Waals surface area contributed by atoms with Gasteiger partial charge in [-0.05, 0) is 31.2 Å². The molecule has 1 atom stereocenters. The first-order valence-corrected chi connectivity index (χ1v) is 6.49. The third kappa shape index (κ3) is 5.17. The van der Waals surface area contributed by atoms with E-state index in [1.165, 1.54) is 5.56 Å². The normalized spacial score (nSPS) is 12.7. The van der Waals surface area contributed by atoms with Gasteiger partial charge in [-0.25, -0.2) is 0 Å². The minimum Gasteiger partial charge on any atom is -0.382 e. The van der Waals surface area contributed by atoms with Gasteiger partial charge in [0.2, 0.25) is 0 Å². The first-order chi connectivity index (χ1) is 8.17. The van der Waals surface area contributed by atoms with E-state index >= 15 is 0 Å². The van der Waals surface area contributed by atoms with Crippen molar-refractivity contribution in [2.45, 2.75) is 26.2 Å². The summed E-state index contributed by atoms with van der Waals surface area (Å²) >= 11 is 3.57. The van der Waals surface area contributed by atoms with Crippen molar-refractivity contribution in [1.29, 1.82) is 0 Å². The van der Waals surface area contributed by atoms with Gasteiger partial charge in [0.1, 0.15) is 0 Å². The third-order valence-corrected chi connectivity index (χ3v) is 3.16. The van der Waals surface area contributed by atoms with Gasteiger partial charge in [0, 0.05) is 18.1 Å². The zero-order chi connectivity index (χ0) is 12.7. The van der Waals surface area contributed by atoms with Gasteiger partial charge in [0.25, 0.3) is 0 Å². The maximum atomic E-state index is 5.68. The summed E-state index contributed by atoms with van der Waals surface area (Å²) in [5, 5.41) is 3.13. The van der Waals surface area contributed by atoms with Crippen LogP contribution in [-0.4, -0.2) is 26.9 Å². The van der Waals surface area contributed by atoms with E-state index in [9.17, 15) is 0 Å². The largest absolute Gasteiger partial charge is 0.382 e. The predicted octanol–water partition coefficient (Wildman–Crippen LogP) is 2.72. The molecule has 0 saturated heterocycles. The Labute approximate surface area is 112 Å². The van der Waals surface area contributed by atoms with E-state index in [4.69, 9.17) is 9.47 Å². The number of hydrogen-bond donors (Lipinski definition) is 1. The molecule has 0 aliphatic rings. The van der Waals surface area contributed by atoms with Crippen molar-refractivity contribution in [2.75, 3.05) is 20.8 Å². The lowest BCUT2D eigenvalue weighted by Gasteiger charge is -2.13. The Morgan fingerprint density at radius 3 is 2.76 bits per heavy atom. The second-order valence-corrected chi connectivity index (χ2v) is 4.89. The van der Waals surface area contributed by atoms with Crippen LogP contribution in [-0.2, 0) is 22.6 Å². The minimum atomic E-state index is 0.115. The summed E-state index contributed by atoms with van der Waals surface area (Å²) in [4.78, 5) is 0. The van der Waals surface area contributed by atoms with Crippen molar-refractivity contribution in [3.8, 4) is 0 Å². The average Bonchev–Trinajstić information content (AvgIpc) is 2.29. The van der Waals surface area contributed by atoms with E-state index in [1.54, 1.807) is 7.11 Å². The number of hydrogen-bond acceptors (Lipinski definition) is 3. The average molecular weight is 302 g/mol. The first-order valence-electron chi connectivity index (χ1n) is 5.69. The number of benzene rings is 1. The molecule has 96 valence electrons. The number of nitrogens with one attached hydrogen (secondary N) is 1. The van der Waals surface area contributed by atoms with Gasteiger partial charge in [-0.2, -0.15) is 0 Å². The highest BCUT2D eigenvalue weighted by molar-refractivity contribution is 9.10. The summed E-state index contributed by atoms with van der Waals surface area (Å²) in [5.41, 5.74) is 2.42. The molecule has 0 amide bonds. The molecule has 1 rings (SSSR count). The van der Waals surface area contributed by atoms with Crippen LogP contribution in [0.4, 0.5) is 0 Å². The van der Waals surface area contributed by atoms with Gasteiger partial charge < -0.3 is 14.8 Å². The molecule has 1 aromatic carbocycles. The molecule has 0 aromatic heterocycles. The molecule has 3 nitrogen and oxygen atoms in total. The lowest BCUT2D eigenvalue weighted by molar-refractivity contribution is -0.000332. The summed E-state index contributed by atoms with van der Waals surface area (Å²) in [6, 6.07) is 6.33. The Morgan fingerprint density at radius 2 is 2.18 bits per heavy atom. The van der Waals surface area contributed by atoms with Crippen LogP contribution >= 0.6 is 15.9 Å². The number of halogens is 1. The molecule has 17 heavy (non-hydrogen) atoms. The van der Waals surface area contributed by atoms with Gasteiger partial charge in [-0.3, -0.25) is 0 Å². The predicted molar refractivity (Wildman–Crippen MR) is 73.0 cm³/mol. The van der Waals surface area contributed by atoms with Crippen LogP contribution in [0.3, 0.4) is 0 Å². The Kier molecular flexibility index (Phi) is 6.73. The third-order valence-electron chi connectivity index (χ3n) is 2.42. The van der Waals surface area contributed by atoms with Crippen LogP contribution in [0.1, 0.15) is 18.1 Å². The zero-order valence-corrected chi connectivity index (χ0v) is 12.2. The van der Waals surface area contributed by atoms with Crippen molar-refractivity contribution >= 4 is 15.9 Å². The first kappa shape index (κ1) is 14.6. The fourth-order valence-electron chi connectivity index (χ4n) is 1.54. The topological polar surface area (TPSA) is 30.5 Å². The highest BCUT2D eigenvalue weighted by Gasteiger charge is 2.05. The molecule has 0 radical (unpaired) electrons. The van der Waals surface area contributed by atoms with Gasteiger partial charge in [0.15, 0.2) is 0 Å². The zero-order valence-electron chi connectivity index (χ0n) is 10.6. The van der Waals surface area contributed by atoms with Gasteiger partial charge in [-0.1, -0.05) is 28.1 Å². The molecule has 1 N–H and O–H groups in total. The van der Waals surface area contributed by atoms with Crippen molar-refractivity contribution < 1.29 is 9.47 Å². The molecule has 0 saturated carbocycles. The highest BCUT2D eigenvalue weighted by Crippen LogP contribution is 2.20. The van der Waals surface area contributed by atoms with Gasteiger partial charge in [0.05, 0.1) is 19.3 Å². The van der Waals surface area contributed by atoms with Crippen LogP contribution in [0.2, 0.25) is 0 Å². The van der Waals surface area contributed by atoms with Crippen LogP contribution in [0, 0.1) is 0 Å². The van der Waals surface area contributed by atoms with E-state index < -0.39 is 0 Å². The van der Waals surface area contributed by atoms with E-state index in [2.05, 4.69) is 39.4 Å². The summed E-state index contributed by atoms with van der Waals surface area (Å²) < 4.78 is 11.8. The molecular weight excluding hydrogens is 282 g/mol.